The smallest absolute Gasteiger partial charge is 0.395 e. The van der Waals surface area contributed by atoms with Gasteiger partial charge in [0.05, 0.1) is 4.90 Å². The van der Waals surface area contributed by atoms with Crippen molar-refractivity contribution in [2.45, 2.75) is 18.1 Å². The zero-order valence-electron chi connectivity index (χ0n) is 6.67. The van der Waals surface area contributed by atoms with Crippen LogP contribution in [0, 0.1) is 6.92 Å². The molecule has 5 heteroatoms. The third-order valence-electron chi connectivity index (χ3n) is 1.73. The summed E-state index contributed by atoms with van der Waals surface area (Å²) in [6, 6.07) is 3.23. The minimum atomic E-state index is -3.56. The lowest BCUT2D eigenvalue weighted by atomic mass is 10.2. The predicted molar refractivity (Wildman–Crippen MR) is 44.6 cm³/mol. The Kier molecular flexibility index (Phi) is 1.66. The van der Waals surface area contributed by atoms with Gasteiger partial charge in [-0.05, 0) is 18.6 Å². The van der Waals surface area contributed by atoms with E-state index in [1.165, 1.54) is 0 Å². The van der Waals surface area contributed by atoms with Crippen molar-refractivity contribution in [3.63, 3.8) is 0 Å². The highest BCUT2D eigenvalue weighted by atomic mass is 32.1. The Bertz CT molecular complexity index is 332. The van der Waals surface area contributed by atoms with Crippen LogP contribution in [0.5, 0.6) is 11.5 Å². The quantitative estimate of drug-likeness (QED) is 0.655. The molecule has 0 radical (unpaired) electrons. The van der Waals surface area contributed by atoms with Crippen molar-refractivity contribution in [1.82, 2.24) is 0 Å². The SMILES string of the molecule is Cc1ccc(S)c2c1OC(F)(F)O2. The van der Waals surface area contributed by atoms with Gasteiger partial charge in [0.1, 0.15) is 0 Å². The Hall–Kier alpha value is -0.970. The minimum absolute atomic E-state index is 0.00772. The number of alkyl halides is 2. The van der Waals surface area contributed by atoms with Crippen LogP contribution in [0.4, 0.5) is 8.78 Å². The van der Waals surface area contributed by atoms with Crippen molar-refractivity contribution in [2.24, 2.45) is 0 Å². The minimum Gasteiger partial charge on any atom is -0.395 e. The van der Waals surface area contributed by atoms with Gasteiger partial charge in [0, 0.05) is 0 Å². The molecule has 70 valence electrons. The molecule has 1 aromatic carbocycles. The van der Waals surface area contributed by atoms with Crippen LogP contribution in [0.2, 0.25) is 0 Å². The number of thiol groups is 1. The van der Waals surface area contributed by atoms with Crippen molar-refractivity contribution in [3.8, 4) is 11.5 Å². The van der Waals surface area contributed by atoms with Crippen molar-refractivity contribution in [1.29, 1.82) is 0 Å². The van der Waals surface area contributed by atoms with E-state index in [1.807, 2.05) is 0 Å². The molecule has 0 unspecified atom stereocenters. The molecule has 1 heterocycles. The first kappa shape index (κ1) is 8.62. The van der Waals surface area contributed by atoms with Crippen LogP contribution >= 0.6 is 12.6 Å². The first-order valence-electron chi connectivity index (χ1n) is 3.58. The Balaban J connectivity index is 2.56. The Morgan fingerprint density at radius 1 is 1.23 bits per heavy atom. The van der Waals surface area contributed by atoms with Crippen LogP contribution in [0.1, 0.15) is 5.56 Å². The lowest BCUT2D eigenvalue weighted by Gasteiger charge is -2.04. The fourth-order valence-corrected chi connectivity index (χ4v) is 1.36. The molecule has 0 atom stereocenters. The van der Waals surface area contributed by atoms with E-state index in [1.54, 1.807) is 19.1 Å². The maximum Gasteiger partial charge on any atom is 0.586 e. The van der Waals surface area contributed by atoms with Crippen molar-refractivity contribution < 1.29 is 18.3 Å². The number of benzene rings is 1. The van der Waals surface area contributed by atoms with Gasteiger partial charge in [0.25, 0.3) is 0 Å². The number of hydrogen-bond donors (Lipinski definition) is 1. The van der Waals surface area contributed by atoms with Crippen molar-refractivity contribution in [2.75, 3.05) is 0 Å². The topological polar surface area (TPSA) is 18.5 Å². The molecule has 0 saturated carbocycles. The first-order valence-corrected chi connectivity index (χ1v) is 4.03. The highest BCUT2D eigenvalue weighted by Gasteiger charge is 2.45. The lowest BCUT2D eigenvalue weighted by Crippen LogP contribution is -2.26. The number of halogens is 2. The zero-order chi connectivity index (χ0) is 9.64. The maximum atomic E-state index is 12.6. The van der Waals surface area contributed by atoms with Gasteiger partial charge < -0.3 is 9.47 Å². The highest BCUT2D eigenvalue weighted by Crippen LogP contribution is 2.46. The molecule has 0 N–H and O–H groups in total. The van der Waals surface area contributed by atoms with E-state index in [0.29, 0.717) is 10.5 Å². The molecule has 2 nitrogen and oxygen atoms in total. The van der Waals surface area contributed by atoms with E-state index in [2.05, 4.69) is 22.1 Å². The van der Waals surface area contributed by atoms with E-state index >= 15 is 0 Å². The second kappa shape index (κ2) is 2.51. The number of ether oxygens (including phenoxy) is 2. The average molecular weight is 204 g/mol. The Morgan fingerprint density at radius 2 is 1.85 bits per heavy atom. The molecule has 0 aromatic heterocycles. The molecule has 1 aromatic rings. The number of rotatable bonds is 0. The van der Waals surface area contributed by atoms with Crippen LogP contribution in [0.3, 0.4) is 0 Å². The summed E-state index contributed by atoms with van der Waals surface area (Å²) in [6.45, 7) is 1.66. The average Bonchev–Trinajstić information content (AvgIpc) is 2.35. The van der Waals surface area contributed by atoms with Gasteiger partial charge in [-0.2, -0.15) is 0 Å². The van der Waals surface area contributed by atoms with Crippen LogP contribution < -0.4 is 9.47 Å². The molecule has 0 bridgehead atoms. The molecule has 1 aliphatic heterocycles. The molecule has 1 aliphatic rings. The van der Waals surface area contributed by atoms with Gasteiger partial charge in [-0.1, -0.05) is 6.07 Å². The third kappa shape index (κ3) is 1.33. The molecule has 0 spiro atoms. The summed E-state index contributed by atoms with van der Waals surface area (Å²) in [5.74, 6) is 0.0748. The van der Waals surface area contributed by atoms with E-state index in [9.17, 15) is 8.78 Å². The first-order chi connectivity index (χ1) is 5.99. The zero-order valence-corrected chi connectivity index (χ0v) is 7.57. The van der Waals surface area contributed by atoms with Gasteiger partial charge in [0.2, 0.25) is 0 Å². The number of fused-ring (bicyclic) bond motifs is 1. The van der Waals surface area contributed by atoms with Crippen LogP contribution in [0.15, 0.2) is 17.0 Å². The fraction of sp³-hybridized carbons (Fsp3) is 0.250. The molecular formula is C8H6F2O2S. The molecule has 2 rings (SSSR count). The lowest BCUT2D eigenvalue weighted by molar-refractivity contribution is -0.287. The van der Waals surface area contributed by atoms with E-state index < -0.39 is 6.29 Å². The summed E-state index contributed by atoms with van der Waals surface area (Å²) < 4.78 is 33.8. The van der Waals surface area contributed by atoms with Crippen molar-refractivity contribution >= 4 is 12.6 Å². The summed E-state index contributed by atoms with van der Waals surface area (Å²) >= 11 is 3.97. The normalized spacial score (nSPS) is 17.5. The third-order valence-corrected chi connectivity index (χ3v) is 2.08. The fourth-order valence-electron chi connectivity index (χ4n) is 1.13. The maximum absolute atomic E-state index is 12.6. The monoisotopic (exact) mass is 204 g/mol. The summed E-state index contributed by atoms with van der Waals surface area (Å²) in [5, 5.41) is 0. The van der Waals surface area contributed by atoms with E-state index in [-0.39, 0.29) is 11.5 Å². The van der Waals surface area contributed by atoms with Gasteiger partial charge >= 0.3 is 6.29 Å². The standard InChI is InChI=1S/C8H6F2O2S/c1-4-2-3-5(13)7-6(4)11-8(9,10)12-7/h2-3,13H,1H3. The van der Waals surface area contributed by atoms with E-state index in [0.717, 1.165) is 0 Å². The van der Waals surface area contributed by atoms with Gasteiger partial charge in [-0.3, -0.25) is 0 Å². The predicted octanol–water partition coefficient (Wildman–Crippen LogP) is 2.61. The molecular weight excluding hydrogens is 198 g/mol. The van der Waals surface area contributed by atoms with Crippen LogP contribution in [0.25, 0.3) is 0 Å². The summed E-state index contributed by atoms with van der Waals surface area (Å²) in [4.78, 5) is 0.345. The second-order valence-electron chi connectivity index (χ2n) is 2.73. The van der Waals surface area contributed by atoms with Crippen LogP contribution in [-0.2, 0) is 0 Å². The molecule has 13 heavy (non-hydrogen) atoms. The highest BCUT2D eigenvalue weighted by molar-refractivity contribution is 7.80. The number of aryl methyl sites for hydroxylation is 1. The number of hydrogen-bond acceptors (Lipinski definition) is 3. The molecule has 0 saturated heterocycles. The van der Waals surface area contributed by atoms with Crippen molar-refractivity contribution in [3.05, 3.63) is 17.7 Å². The van der Waals surface area contributed by atoms with Crippen LogP contribution in [-0.4, -0.2) is 6.29 Å². The van der Waals surface area contributed by atoms with Gasteiger partial charge in [-0.15, -0.1) is 21.4 Å². The summed E-state index contributed by atoms with van der Waals surface area (Å²) in [7, 11) is 0. The molecule has 0 amide bonds. The Labute approximate surface area is 78.9 Å². The van der Waals surface area contributed by atoms with E-state index in [4.69, 9.17) is 0 Å². The second-order valence-corrected chi connectivity index (χ2v) is 3.21. The largest absolute Gasteiger partial charge is 0.586 e. The molecule has 0 aliphatic carbocycles. The summed E-state index contributed by atoms with van der Waals surface area (Å²) in [5.41, 5.74) is 0.602. The Morgan fingerprint density at radius 3 is 2.46 bits per heavy atom. The van der Waals surface area contributed by atoms with Gasteiger partial charge in [0.15, 0.2) is 11.5 Å². The van der Waals surface area contributed by atoms with Gasteiger partial charge in [-0.25, -0.2) is 0 Å². The summed E-state index contributed by atoms with van der Waals surface area (Å²) in [6.07, 6.45) is -3.56. The molecule has 0 fully saturated rings.